The van der Waals surface area contributed by atoms with Gasteiger partial charge in [-0.15, -0.1) is 0 Å². The highest BCUT2D eigenvalue weighted by atomic mass is 16.5. The van der Waals surface area contributed by atoms with Crippen LogP contribution < -0.4 is 11.1 Å². The van der Waals surface area contributed by atoms with Crippen molar-refractivity contribution in [2.75, 3.05) is 19.5 Å². The molecule has 1 amide bonds. The fraction of sp³-hybridized carbons (Fsp3) is 0.357. The smallest absolute Gasteiger partial charge is 0.244 e. The van der Waals surface area contributed by atoms with Gasteiger partial charge in [0.05, 0.1) is 0 Å². The van der Waals surface area contributed by atoms with E-state index < -0.39 is 0 Å². The van der Waals surface area contributed by atoms with E-state index in [0.29, 0.717) is 12.3 Å². The summed E-state index contributed by atoms with van der Waals surface area (Å²) in [6.07, 6.45) is 4.09. The van der Waals surface area contributed by atoms with Crippen molar-refractivity contribution < 1.29 is 9.53 Å². The Bertz CT molecular complexity index is 399. The van der Waals surface area contributed by atoms with Crippen LogP contribution in [0.3, 0.4) is 0 Å². The topological polar surface area (TPSA) is 64.3 Å². The van der Waals surface area contributed by atoms with Gasteiger partial charge in [0.1, 0.15) is 0 Å². The fourth-order valence-electron chi connectivity index (χ4n) is 1.44. The number of amides is 1. The molecule has 0 aliphatic heterocycles. The summed E-state index contributed by atoms with van der Waals surface area (Å²) in [7, 11) is 1.65. The first-order chi connectivity index (χ1) is 8.61. The molecule has 1 aromatic rings. The summed E-state index contributed by atoms with van der Waals surface area (Å²) >= 11 is 0. The van der Waals surface area contributed by atoms with E-state index in [0.717, 1.165) is 12.0 Å². The number of hydrogen-bond donors (Lipinski definition) is 2. The van der Waals surface area contributed by atoms with Crippen LogP contribution >= 0.6 is 0 Å². The van der Waals surface area contributed by atoms with Crippen molar-refractivity contribution in [3.63, 3.8) is 0 Å². The van der Waals surface area contributed by atoms with E-state index in [2.05, 4.69) is 5.32 Å². The van der Waals surface area contributed by atoms with Crippen LogP contribution in [0, 0.1) is 0 Å². The van der Waals surface area contributed by atoms with Crippen molar-refractivity contribution >= 4 is 17.7 Å². The second kappa shape index (κ2) is 7.50. The molecule has 0 aromatic heterocycles. The summed E-state index contributed by atoms with van der Waals surface area (Å²) in [5.41, 5.74) is 7.24. The predicted molar refractivity (Wildman–Crippen MR) is 74.0 cm³/mol. The van der Waals surface area contributed by atoms with Crippen LogP contribution in [-0.2, 0) is 9.53 Å². The Hall–Kier alpha value is -1.81. The van der Waals surface area contributed by atoms with Gasteiger partial charge < -0.3 is 15.8 Å². The molecule has 0 aliphatic carbocycles. The average Bonchev–Trinajstić information content (AvgIpc) is 2.35. The van der Waals surface area contributed by atoms with Gasteiger partial charge in [-0.1, -0.05) is 12.1 Å². The second-order valence-corrected chi connectivity index (χ2v) is 4.19. The number of benzene rings is 1. The van der Waals surface area contributed by atoms with Crippen molar-refractivity contribution in [2.24, 2.45) is 0 Å². The Balaban J connectivity index is 2.41. The molecule has 3 N–H and O–H groups in total. The number of anilines is 1. The first-order valence-electron chi connectivity index (χ1n) is 5.95. The third kappa shape index (κ3) is 5.50. The van der Waals surface area contributed by atoms with Gasteiger partial charge in [-0.25, -0.2) is 0 Å². The molecule has 98 valence electrons. The monoisotopic (exact) mass is 248 g/mol. The molecule has 1 atom stereocenters. The molecule has 0 spiro atoms. The minimum absolute atomic E-state index is 0.101. The van der Waals surface area contributed by atoms with E-state index in [-0.39, 0.29) is 11.9 Å². The lowest BCUT2D eigenvalue weighted by atomic mass is 10.2. The Morgan fingerprint density at radius 1 is 1.44 bits per heavy atom. The third-order valence-electron chi connectivity index (χ3n) is 2.51. The highest BCUT2D eigenvalue weighted by molar-refractivity contribution is 5.91. The summed E-state index contributed by atoms with van der Waals surface area (Å²) in [6.45, 7) is 2.59. The van der Waals surface area contributed by atoms with Crippen molar-refractivity contribution in [3.05, 3.63) is 35.9 Å². The third-order valence-corrected chi connectivity index (χ3v) is 2.51. The molecular formula is C14H20N2O2. The van der Waals surface area contributed by atoms with Gasteiger partial charge in [0.25, 0.3) is 0 Å². The van der Waals surface area contributed by atoms with E-state index in [1.165, 1.54) is 6.08 Å². The summed E-state index contributed by atoms with van der Waals surface area (Å²) in [5, 5.41) is 2.87. The quantitative estimate of drug-likeness (QED) is 0.596. The average molecular weight is 248 g/mol. The largest absolute Gasteiger partial charge is 0.399 e. The lowest BCUT2D eigenvalue weighted by molar-refractivity contribution is -0.117. The fourth-order valence-corrected chi connectivity index (χ4v) is 1.44. The molecule has 0 fully saturated rings. The van der Waals surface area contributed by atoms with E-state index in [9.17, 15) is 4.79 Å². The molecule has 0 bridgehead atoms. The first-order valence-corrected chi connectivity index (χ1v) is 5.95. The number of ether oxygens (including phenoxy) is 1. The van der Waals surface area contributed by atoms with Crippen LogP contribution in [0.4, 0.5) is 5.69 Å². The number of hydrogen-bond acceptors (Lipinski definition) is 3. The predicted octanol–water partition coefficient (Wildman–Crippen LogP) is 1.82. The van der Waals surface area contributed by atoms with Crippen LogP contribution in [0.25, 0.3) is 6.08 Å². The lowest BCUT2D eigenvalue weighted by Gasteiger charge is -2.11. The van der Waals surface area contributed by atoms with Crippen LogP contribution in [0.15, 0.2) is 30.3 Å². The van der Waals surface area contributed by atoms with Gasteiger partial charge in [-0.3, -0.25) is 4.79 Å². The summed E-state index contributed by atoms with van der Waals surface area (Å²) in [4.78, 5) is 11.6. The highest BCUT2D eigenvalue weighted by Gasteiger charge is 2.03. The maximum atomic E-state index is 11.6. The van der Waals surface area contributed by atoms with E-state index in [4.69, 9.17) is 10.5 Å². The first kappa shape index (κ1) is 14.3. The van der Waals surface area contributed by atoms with E-state index >= 15 is 0 Å². The molecule has 4 nitrogen and oxygen atoms in total. The number of nitrogen functional groups attached to an aromatic ring is 1. The van der Waals surface area contributed by atoms with Gasteiger partial charge in [0, 0.05) is 31.5 Å². The molecular weight excluding hydrogens is 228 g/mol. The van der Waals surface area contributed by atoms with Gasteiger partial charge in [0.15, 0.2) is 0 Å². The summed E-state index contributed by atoms with van der Waals surface area (Å²) < 4.78 is 4.95. The normalized spacial score (nSPS) is 12.6. The minimum atomic E-state index is -0.101. The molecule has 1 aromatic carbocycles. The molecule has 18 heavy (non-hydrogen) atoms. The second-order valence-electron chi connectivity index (χ2n) is 4.19. The maximum Gasteiger partial charge on any atom is 0.244 e. The number of methoxy groups -OCH3 is 1. The van der Waals surface area contributed by atoms with E-state index in [1.807, 2.05) is 19.1 Å². The van der Waals surface area contributed by atoms with Crippen LogP contribution in [0.1, 0.15) is 18.9 Å². The van der Waals surface area contributed by atoms with Crippen LogP contribution in [0.5, 0.6) is 0 Å². The zero-order valence-corrected chi connectivity index (χ0v) is 10.8. The Kier molecular flexibility index (Phi) is 5.94. The lowest BCUT2D eigenvalue weighted by Crippen LogP contribution is -2.31. The van der Waals surface area contributed by atoms with Crippen molar-refractivity contribution in [3.8, 4) is 0 Å². The number of carbonyl (C=O) groups excluding carboxylic acids is 1. The van der Waals surface area contributed by atoms with Crippen LogP contribution in [0.2, 0.25) is 0 Å². The standard InChI is InChI=1S/C14H20N2O2/c1-11(9-10-18-2)16-14(17)8-5-12-3-6-13(15)7-4-12/h3-8,11H,9-10,15H2,1-2H3,(H,16,17)/b8-5+. The number of nitrogens with one attached hydrogen (secondary N) is 1. The highest BCUT2D eigenvalue weighted by Crippen LogP contribution is 2.06. The Morgan fingerprint density at radius 3 is 2.72 bits per heavy atom. The zero-order chi connectivity index (χ0) is 13.4. The molecule has 0 saturated heterocycles. The molecule has 4 heteroatoms. The molecule has 0 radical (unpaired) electrons. The molecule has 0 saturated carbocycles. The minimum Gasteiger partial charge on any atom is -0.399 e. The molecule has 1 unspecified atom stereocenters. The number of nitrogens with two attached hydrogens (primary N) is 1. The summed E-state index contributed by atoms with van der Waals surface area (Å²) in [6, 6.07) is 7.45. The zero-order valence-electron chi connectivity index (χ0n) is 10.8. The SMILES string of the molecule is COCCC(C)NC(=O)/C=C/c1ccc(N)cc1. The summed E-state index contributed by atoms with van der Waals surface area (Å²) in [5.74, 6) is -0.101. The van der Waals surface area contributed by atoms with Crippen molar-refractivity contribution in [2.45, 2.75) is 19.4 Å². The van der Waals surface area contributed by atoms with Crippen LogP contribution in [-0.4, -0.2) is 25.7 Å². The van der Waals surface area contributed by atoms with Gasteiger partial charge in [-0.05, 0) is 37.1 Å². The van der Waals surface area contributed by atoms with E-state index in [1.54, 1.807) is 25.3 Å². The van der Waals surface area contributed by atoms with Crippen molar-refractivity contribution in [1.82, 2.24) is 5.32 Å². The molecule has 0 heterocycles. The van der Waals surface area contributed by atoms with Crippen molar-refractivity contribution in [1.29, 1.82) is 0 Å². The van der Waals surface area contributed by atoms with Gasteiger partial charge in [-0.2, -0.15) is 0 Å². The Labute approximate surface area is 108 Å². The van der Waals surface area contributed by atoms with Gasteiger partial charge >= 0.3 is 0 Å². The number of carbonyl (C=O) groups is 1. The molecule has 1 rings (SSSR count). The Morgan fingerprint density at radius 2 is 2.11 bits per heavy atom. The number of rotatable bonds is 6. The maximum absolute atomic E-state index is 11.6. The van der Waals surface area contributed by atoms with Gasteiger partial charge in [0.2, 0.25) is 5.91 Å². The molecule has 0 aliphatic rings.